The van der Waals surface area contributed by atoms with Gasteiger partial charge in [0, 0.05) is 37.9 Å². The lowest BCUT2D eigenvalue weighted by atomic mass is 10.0. The average molecular weight is 646 g/mol. The van der Waals surface area contributed by atoms with Gasteiger partial charge in [-0.3, -0.25) is 0 Å². The Labute approximate surface area is 287 Å². The Hall–Kier alpha value is -6.37. The third-order valence-electron chi connectivity index (χ3n) is 8.57. The minimum atomic E-state index is 0.614. The lowest BCUT2D eigenvalue weighted by Crippen LogP contribution is -2.00. The first kappa shape index (κ1) is 28.8. The molecule has 0 saturated heterocycles. The fourth-order valence-electron chi connectivity index (χ4n) is 6.08. The van der Waals surface area contributed by atoms with Crippen LogP contribution in [-0.2, 0) is 0 Å². The van der Waals surface area contributed by atoms with Gasteiger partial charge >= 0.3 is 0 Å². The Balaban J connectivity index is 1.22. The van der Waals surface area contributed by atoms with Crippen LogP contribution in [0.15, 0.2) is 164 Å². The van der Waals surface area contributed by atoms with E-state index in [2.05, 4.69) is 91.0 Å². The SMILES string of the molecule is c1ccc(-c2ccc(-c3nc(-c4ccccc4)c4sc5ccc(-c6nc(-c7ccccc7)nc(-c7ccccc7)n6)cc5c4n3)cc2)cc1. The van der Waals surface area contributed by atoms with Crippen molar-refractivity contribution < 1.29 is 0 Å². The zero-order valence-corrected chi connectivity index (χ0v) is 27.0. The highest BCUT2D eigenvalue weighted by Crippen LogP contribution is 2.41. The maximum atomic E-state index is 5.23. The van der Waals surface area contributed by atoms with E-state index >= 15 is 0 Å². The van der Waals surface area contributed by atoms with Crippen molar-refractivity contribution in [3.05, 3.63) is 164 Å². The number of fused-ring (bicyclic) bond motifs is 3. The third-order valence-corrected chi connectivity index (χ3v) is 9.73. The molecule has 0 fully saturated rings. The van der Waals surface area contributed by atoms with Crippen molar-refractivity contribution in [1.82, 2.24) is 24.9 Å². The second kappa shape index (κ2) is 12.3. The Morgan fingerprint density at radius 1 is 0.327 bits per heavy atom. The molecule has 6 aromatic carbocycles. The number of thiophene rings is 1. The van der Waals surface area contributed by atoms with Crippen molar-refractivity contribution >= 4 is 31.6 Å². The maximum Gasteiger partial charge on any atom is 0.164 e. The van der Waals surface area contributed by atoms with Crippen molar-refractivity contribution in [3.8, 4) is 67.9 Å². The van der Waals surface area contributed by atoms with E-state index < -0.39 is 0 Å². The molecule has 0 unspecified atom stereocenters. The number of aromatic nitrogens is 5. The molecule has 230 valence electrons. The van der Waals surface area contributed by atoms with Crippen LogP contribution < -0.4 is 0 Å². The van der Waals surface area contributed by atoms with Gasteiger partial charge in [-0.15, -0.1) is 11.3 Å². The van der Waals surface area contributed by atoms with Crippen LogP contribution in [-0.4, -0.2) is 24.9 Å². The van der Waals surface area contributed by atoms with Gasteiger partial charge in [0.1, 0.15) is 0 Å². The second-order valence-corrected chi connectivity index (χ2v) is 12.8. The van der Waals surface area contributed by atoms with Crippen molar-refractivity contribution in [3.63, 3.8) is 0 Å². The fraction of sp³-hybridized carbons (Fsp3) is 0. The van der Waals surface area contributed by atoms with Crippen molar-refractivity contribution in [2.45, 2.75) is 0 Å². The van der Waals surface area contributed by atoms with Gasteiger partial charge in [0.15, 0.2) is 23.3 Å². The summed E-state index contributed by atoms with van der Waals surface area (Å²) in [5, 5.41) is 1.04. The van der Waals surface area contributed by atoms with Crippen LogP contribution in [0.3, 0.4) is 0 Å². The predicted molar refractivity (Wildman–Crippen MR) is 201 cm³/mol. The summed E-state index contributed by atoms with van der Waals surface area (Å²) >= 11 is 1.71. The Bertz CT molecular complexity index is 2510. The molecule has 0 N–H and O–H groups in total. The quantitative estimate of drug-likeness (QED) is 0.180. The van der Waals surface area contributed by atoms with Crippen LogP contribution in [0.4, 0.5) is 0 Å². The van der Waals surface area contributed by atoms with E-state index in [1.807, 2.05) is 72.8 Å². The normalized spacial score (nSPS) is 11.3. The zero-order valence-electron chi connectivity index (χ0n) is 26.2. The first-order valence-electron chi connectivity index (χ1n) is 16.1. The highest BCUT2D eigenvalue weighted by atomic mass is 32.1. The van der Waals surface area contributed by atoms with Gasteiger partial charge in [-0.2, -0.15) is 0 Å². The molecular weight excluding hydrogens is 619 g/mol. The molecule has 0 atom stereocenters. The molecule has 0 amide bonds. The molecule has 3 aromatic heterocycles. The summed E-state index contributed by atoms with van der Waals surface area (Å²) in [6, 6.07) is 55.8. The lowest BCUT2D eigenvalue weighted by Gasteiger charge is -2.09. The van der Waals surface area contributed by atoms with Crippen LogP contribution >= 0.6 is 11.3 Å². The molecule has 9 aromatic rings. The van der Waals surface area contributed by atoms with Gasteiger partial charge in [-0.05, 0) is 29.3 Å². The minimum Gasteiger partial charge on any atom is -0.226 e. The zero-order chi connectivity index (χ0) is 32.6. The largest absolute Gasteiger partial charge is 0.226 e. The fourth-order valence-corrected chi connectivity index (χ4v) is 7.22. The smallest absolute Gasteiger partial charge is 0.164 e. The standard InChI is InChI=1S/C43H27N5S/c1-5-13-28(14-6-1)29-21-23-33(24-22-29)40-44-37(30-15-7-2-8-16-30)39-38(45-40)35-27-34(25-26-36(35)49-39)43-47-41(31-17-9-3-10-18-31)46-42(48-43)32-19-11-4-12-20-32/h1-27H. The Morgan fingerprint density at radius 2 is 0.735 bits per heavy atom. The van der Waals surface area contributed by atoms with E-state index in [0.717, 1.165) is 59.4 Å². The van der Waals surface area contributed by atoms with Gasteiger partial charge in [0.05, 0.1) is 15.9 Å². The number of hydrogen-bond acceptors (Lipinski definition) is 6. The molecule has 49 heavy (non-hydrogen) atoms. The summed E-state index contributed by atoms with van der Waals surface area (Å²) < 4.78 is 2.18. The molecule has 0 aliphatic heterocycles. The van der Waals surface area contributed by atoms with E-state index in [-0.39, 0.29) is 0 Å². The first-order valence-corrected chi connectivity index (χ1v) is 16.9. The molecule has 0 aliphatic carbocycles. The molecular formula is C43H27N5S. The number of hydrogen-bond donors (Lipinski definition) is 0. The van der Waals surface area contributed by atoms with E-state index in [0.29, 0.717) is 23.3 Å². The predicted octanol–water partition coefficient (Wildman–Crippen LogP) is 11.0. The van der Waals surface area contributed by atoms with E-state index in [4.69, 9.17) is 24.9 Å². The topological polar surface area (TPSA) is 64.5 Å². The first-order chi connectivity index (χ1) is 24.3. The summed E-state index contributed by atoms with van der Waals surface area (Å²) in [6.07, 6.45) is 0. The van der Waals surface area contributed by atoms with Gasteiger partial charge < -0.3 is 0 Å². The van der Waals surface area contributed by atoms with Crippen LogP contribution in [0.2, 0.25) is 0 Å². The van der Waals surface area contributed by atoms with Crippen molar-refractivity contribution in [2.24, 2.45) is 0 Å². The van der Waals surface area contributed by atoms with Crippen LogP contribution in [0.1, 0.15) is 0 Å². The Morgan fingerprint density at radius 3 is 1.31 bits per heavy atom. The van der Waals surface area contributed by atoms with Crippen molar-refractivity contribution in [1.29, 1.82) is 0 Å². The van der Waals surface area contributed by atoms with Gasteiger partial charge in [-0.25, -0.2) is 24.9 Å². The second-order valence-electron chi connectivity index (χ2n) is 11.7. The van der Waals surface area contributed by atoms with E-state index in [9.17, 15) is 0 Å². The molecule has 9 rings (SSSR count). The van der Waals surface area contributed by atoms with Crippen LogP contribution in [0.5, 0.6) is 0 Å². The van der Waals surface area contributed by atoms with Crippen LogP contribution in [0, 0.1) is 0 Å². The summed E-state index contributed by atoms with van der Waals surface area (Å²) in [5.41, 5.74) is 8.97. The Kier molecular flexibility index (Phi) is 7.26. The van der Waals surface area contributed by atoms with Gasteiger partial charge in [0.25, 0.3) is 0 Å². The third kappa shape index (κ3) is 5.54. The summed E-state index contributed by atoms with van der Waals surface area (Å²) in [6.45, 7) is 0. The summed E-state index contributed by atoms with van der Waals surface area (Å²) in [5.74, 6) is 2.57. The van der Waals surface area contributed by atoms with Gasteiger partial charge in [0.2, 0.25) is 0 Å². The van der Waals surface area contributed by atoms with E-state index in [1.165, 1.54) is 5.56 Å². The maximum absolute atomic E-state index is 5.23. The molecule has 0 saturated carbocycles. The average Bonchev–Trinajstić information content (AvgIpc) is 3.57. The molecule has 0 bridgehead atoms. The van der Waals surface area contributed by atoms with Gasteiger partial charge in [-0.1, -0.05) is 146 Å². The highest BCUT2D eigenvalue weighted by molar-refractivity contribution is 7.26. The monoisotopic (exact) mass is 645 g/mol. The number of benzene rings is 6. The number of nitrogens with zero attached hydrogens (tertiary/aromatic N) is 5. The number of rotatable bonds is 6. The minimum absolute atomic E-state index is 0.614. The molecule has 0 radical (unpaired) electrons. The molecule has 5 nitrogen and oxygen atoms in total. The molecule has 3 heterocycles. The lowest BCUT2D eigenvalue weighted by molar-refractivity contribution is 1.07. The summed E-state index contributed by atoms with van der Waals surface area (Å²) in [4.78, 5) is 25.3. The molecule has 0 spiro atoms. The van der Waals surface area contributed by atoms with Crippen LogP contribution in [0.25, 0.3) is 88.2 Å². The van der Waals surface area contributed by atoms with Crippen molar-refractivity contribution in [2.75, 3.05) is 0 Å². The highest BCUT2D eigenvalue weighted by Gasteiger charge is 2.19. The van der Waals surface area contributed by atoms with E-state index in [1.54, 1.807) is 11.3 Å². The molecule has 0 aliphatic rings. The molecule has 6 heteroatoms. The summed E-state index contributed by atoms with van der Waals surface area (Å²) in [7, 11) is 0.